The Morgan fingerprint density at radius 2 is 2.00 bits per heavy atom. The van der Waals surface area contributed by atoms with Crippen LogP contribution < -0.4 is 5.32 Å². The van der Waals surface area contributed by atoms with Gasteiger partial charge in [-0.15, -0.1) is 0 Å². The maximum atomic E-state index is 8.59. The lowest BCUT2D eigenvalue weighted by molar-refractivity contribution is 0.256. The van der Waals surface area contributed by atoms with Crippen molar-refractivity contribution in [1.82, 2.24) is 10.2 Å². The Kier molecular flexibility index (Phi) is 5.22. The molecule has 0 aliphatic carbocycles. The molecule has 0 amide bonds. The van der Waals surface area contributed by atoms with Gasteiger partial charge in [-0.1, -0.05) is 30.3 Å². The van der Waals surface area contributed by atoms with Crippen molar-refractivity contribution in [2.45, 2.75) is 6.54 Å². The summed E-state index contributed by atoms with van der Waals surface area (Å²) in [7, 11) is 2.05. The molecular weight excluding hydrogens is 176 g/mol. The van der Waals surface area contributed by atoms with Crippen LogP contribution in [-0.2, 0) is 6.54 Å². The lowest BCUT2D eigenvalue weighted by Crippen LogP contribution is -2.32. The summed E-state index contributed by atoms with van der Waals surface area (Å²) in [5.41, 5.74) is 1.31. The first kappa shape index (κ1) is 11.2. The summed E-state index contributed by atoms with van der Waals surface area (Å²) in [5, 5.41) is 11.7. The number of hydrogen-bond donors (Lipinski definition) is 2. The van der Waals surface area contributed by atoms with Gasteiger partial charge in [-0.05, 0) is 12.6 Å². The van der Waals surface area contributed by atoms with E-state index < -0.39 is 0 Å². The van der Waals surface area contributed by atoms with Crippen LogP contribution in [0.1, 0.15) is 5.56 Å². The number of nitrogens with one attached hydrogen (secondary N) is 1. The van der Waals surface area contributed by atoms with Crippen molar-refractivity contribution in [1.29, 1.82) is 0 Å². The van der Waals surface area contributed by atoms with Crippen molar-refractivity contribution in [3.63, 3.8) is 0 Å². The van der Waals surface area contributed by atoms with Gasteiger partial charge in [0.2, 0.25) is 0 Å². The predicted octanol–water partition coefficient (Wildman–Crippen LogP) is 0.658. The predicted molar refractivity (Wildman–Crippen MR) is 57.9 cm³/mol. The average molecular weight is 194 g/mol. The molecule has 1 rings (SSSR count). The van der Waals surface area contributed by atoms with Gasteiger partial charge < -0.3 is 10.4 Å². The minimum Gasteiger partial charge on any atom is -0.395 e. The SMILES string of the molecule is CN(CNCCO)Cc1ccccc1. The number of hydrogen-bond acceptors (Lipinski definition) is 3. The van der Waals surface area contributed by atoms with E-state index in [1.165, 1.54) is 5.56 Å². The molecule has 14 heavy (non-hydrogen) atoms. The highest BCUT2D eigenvalue weighted by Crippen LogP contribution is 2.00. The summed E-state index contributed by atoms with van der Waals surface area (Å²) in [4.78, 5) is 2.17. The molecule has 0 saturated heterocycles. The molecule has 0 spiro atoms. The van der Waals surface area contributed by atoms with Crippen molar-refractivity contribution in [3.8, 4) is 0 Å². The molecule has 3 nitrogen and oxygen atoms in total. The third kappa shape index (κ3) is 4.37. The van der Waals surface area contributed by atoms with Crippen LogP contribution >= 0.6 is 0 Å². The second-order valence-corrected chi connectivity index (χ2v) is 3.38. The maximum absolute atomic E-state index is 8.59. The number of benzene rings is 1. The van der Waals surface area contributed by atoms with Gasteiger partial charge in [-0.25, -0.2) is 0 Å². The van der Waals surface area contributed by atoms with E-state index in [0.717, 1.165) is 13.2 Å². The van der Waals surface area contributed by atoms with Gasteiger partial charge in [0, 0.05) is 19.8 Å². The smallest absolute Gasteiger partial charge is 0.0556 e. The Labute approximate surface area is 85.4 Å². The summed E-state index contributed by atoms with van der Waals surface area (Å²) in [6.45, 7) is 2.58. The average Bonchev–Trinajstić information content (AvgIpc) is 2.20. The van der Waals surface area contributed by atoms with E-state index in [4.69, 9.17) is 5.11 Å². The lowest BCUT2D eigenvalue weighted by atomic mass is 10.2. The molecule has 0 bridgehead atoms. The molecule has 0 aliphatic heterocycles. The van der Waals surface area contributed by atoms with E-state index in [-0.39, 0.29) is 6.61 Å². The van der Waals surface area contributed by atoms with Crippen molar-refractivity contribution < 1.29 is 5.11 Å². The summed E-state index contributed by atoms with van der Waals surface area (Å²) in [6, 6.07) is 10.3. The molecule has 0 fully saturated rings. The van der Waals surface area contributed by atoms with Crippen LogP contribution in [0.3, 0.4) is 0 Å². The molecule has 1 aromatic carbocycles. The van der Waals surface area contributed by atoms with E-state index >= 15 is 0 Å². The normalized spacial score (nSPS) is 10.8. The van der Waals surface area contributed by atoms with Gasteiger partial charge in [0.15, 0.2) is 0 Å². The zero-order valence-electron chi connectivity index (χ0n) is 8.61. The van der Waals surface area contributed by atoms with Crippen molar-refractivity contribution in [3.05, 3.63) is 35.9 Å². The van der Waals surface area contributed by atoms with E-state index in [0.29, 0.717) is 6.54 Å². The number of aliphatic hydroxyl groups is 1. The second kappa shape index (κ2) is 6.54. The molecule has 0 unspecified atom stereocenters. The molecule has 0 radical (unpaired) electrons. The monoisotopic (exact) mass is 194 g/mol. The van der Waals surface area contributed by atoms with Gasteiger partial charge in [0.25, 0.3) is 0 Å². The van der Waals surface area contributed by atoms with Gasteiger partial charge in [-0.2, -0.15) is 0 Å². The summed E-state index contributed by atoms with van der Waals surface area (Å²) >= 11 is 0. The van der Waals surface area contributed by atoms with Gasteiger partial charge in [0.05, 0.1) is 6.61 Å². The third-order valence-corrected chi connectivity index (χ3v) is 1.97. The first-order chi connectivity index (χ1) is 6.83. The van der Waals surface area contributed by atoms with Crippen LogP contribution in [0.15, 0.2) is 30.3 Å². The van der Waals surface area contributed by atoms with E-state index in [1.807, 2.05) is 18.2 Å². The first-order valence-corrected chi connectivity index (χ1v) is 4.87. The minimum absolute atomic E-state index is 0.194. The molecule has 0 atom stereocenters. The van der Waals surface area contributed by atoms with Gasteiger partial charge >= 0.3 is 0 Å². The van der Waals surface area contributed by atoms with Gasteiger partial charge in [0.1, 0.15) is 0 Å². The van der Waals surface area contributed by atoms with E-state index in [1.54, 1.807) is 0 Å². The Morgan fingerprint density at radius 1 is 1.29 bits per heavy atom. The minimum atomic E-state index is 0.194. The second-order valence-electron chi connectivity index (χ2n) is 3.38. The van der Waals surface area contributed by atoms with E-state index in [2.05, 4.69) is 29.4 Å². The fourth-order valence-corrected chi connectivity index (χ4v) is 1.30. The summed E-state index contributed by atoms with van der Waals surface area (Å²) in [5.74, 6) is 0. The van der Waals surface area contributed by atoms with Gasteiger partial charge in [-0.3, -0.25) is 4.90 Å². The highest BCUT2D eigenvalue weighted by atomic mass is 16.3. The summed E-state index contributed by atoms with van der Waals surface area (Å²) < 4.78 is 0. The standard InChI is InChI=1S/C11H18N2O/c1-13(10-12-7-8-14)9-11-5-3-2-4-6-11/h2-6,12,14H,7-10H2,1H3. The quantitative estimate of drug-likeness (QED) is 0.516. The molecule has 78 valence electrons. The van der Waals surface area contributed by atoms with E-state index in [9.17, 15) is 0 Å². The lowest BCUT2D eigenvalue weighted by Gasteiger charge is -2.16. The Morgan fingerprint density at radius 3 is 2.64 bits per heavy atom. The molecular formula is C11H18N2O. The van der Waals surface area contributed by atoms with Crippen molar-refractivity contribution in [2.75, 3.05) is 26.9 Å². The Balaban J connectivity index is 2.23. The first-order valence-electron chi connectivity index (χ1n) is 4.87. The molecule has 0 aromatic heterocycles. The molecule has 2 N–H and O–H groups in total. The largest absolute Gasteiger partial charge is 0.395 e. The molecule has 0 aliphatic rings. The zero-order chi connectivity index (χ0) is 10.2. The van der Waals surface area contributed by atoms with Crippen LogP contribution in [0.4, 0.5) is 0 Å². The topological polar surface area (TPSA) is 35.5 Å². The maximum Gasteiger partial charge on any atom is 0.0556 e. The Hall–Kier alpha value is -0.900. The number of rotatable bonds is 6. The number of aliphatic hydroxyl groups excluding tert-OH is 1. The zero-order valence-corrected chi connectivity index (χ0v) is 8.61. The van der Waals surface area contributed by atoms with Crippen LogP contribution in [0.2, 0.25) is 0 Å². The van der Waals surface area contributed by atoms with Crippen molar-refractivity contribution >= 4 is 0 Å². The van der Waals surface area contributed by atoms with Crippen molar-refractivity contribution in [2.24, 2.45) is 0 Å². The van der Waals surface area contributed by atoms with Crippen LogP contribution in [0, 0.1) is 0 Å². The molecule has 0 heterocycles. The third-order valence-electron chi connectivity index (χ3n) is 1.97. The Bertz CT molecular complexity index is 238. The highest BCUT2D eigenvalue weighted by Gasteiger charge is 1.97. The highest BCUT2D eigenvalue weighted by molar-refractivity contribution is 5.14. The molecule has 3 heteroatoms. The molecule has 1 aromatic rings. The fourth-order valence-electron chi connectivity index (χ4n) is 1.30. The number of nitrogens with zero attached hydrogens (tertiary/aromatic N) is 1. The van der Waals surface area contributed by atoms with Crippen LogP contribution in [0.25, 0.3) is 0 Å². The fraction of sp³-hybridized carbons (Fsp3) is 0.455. The molecule has 0 saturated carbocycles. The van der Waals surface area contributed by atoms with Crippen LogP contribution in [-0.4, -0.2) is 36.9 Å². The van der Waals surface area contributed by atoms with Crippen LogP contribution in [0.5, 0.6) is 0 Å². The summed E-state index contributed by atoms with van der Waals surface area (Å²) in [6.07, 6.45) is 0.